The highest BCUT2D eigenvalue weighted by Crippen LogP contribution is 2.32. The number of amides is 2. The van der Waals surface area contributed by atoms with Gasteiger partial charge in [0.25, 0.3) is 11.8 Å². The average Bonchev–Trinajstić information content (AvgIpc) is 3.44. The van der Waals surface area contributed by atoms with E-state index in [1.165, 1.54) is 17.6 Å². The third kappa shape index (κ3) is 4.05. The van der Waals surface area contributed by atoms with Crippen LogP contribution in [0.5, 0.6) is 0 Å². The SMILES string of the molecule is O=C(Nc1ccc(C(=O)Nc2cc(Cl)ccc2N2CCCC2)s1)c1ccco1. The molecule has 0 bridgehead atoms. The Morgan fingerprint density at radius 1 is 1.04 bits per heavy atom. The first kappa shape index (κ1) is 18.6. The Hall–Kier alpha value is -2.77. The molecular weight excluding hydrogens is 398 g/mol. The molecule has 0 saturated carbocycles. The summed E-state index contributed by atoms with van der Waals surface area (Å²) in [5, 5.41) is 6.81. The van der Waals surface area contributed by atoms with E-state index >= 15 is 0 Å². The highest BCUT2D eigenvalue weighted by atomic mass is 35.5. The molecule has 0 spiro atoms. The number of anilines is 3. The van der Waals surface area contributed by atoms with Crippen LogP contribution >= 0.6 is 22.9 Å². The maximum absolute atomic E-state index is 12.7. The molecular formula is C20H18ClN3O3S. The largest absolute Gasteiger partial charge is 0.459 e. The summed E-state index contributed by atoms with van der Waals surface area (Å²) in [6, 6.07) is 12.1. The lowest BCUT2D eigenvalue weighted by molar-refractivity contribution is 0.0995. The first-order chi connectivity index (χ1) is 13.6. The maximum atomic E-state index is 12.7. The van der Waals surface area contributed by atoms with Crippen LogP contribution in [0.2, 0.25) is 5.02 Å². The zero-order valence-electron chi connectivity index (χ0n) is 14.9. The van der Waals surface area contributed by atoms with Crippen molar-refractivity contribution >= 4 is 51.1 Å². The highest BCUT2D eigenvalue weighted by molar-refractivity contribution is 7.18. The van der Waals surface area contributed by atoms with Crippen LogP contribution in [0.4, 0.5) is 16.4 Å². The van der Waals surface area contributed by atoms with Gasteiger partial charge in [-0.25, -0.2) is 0 Å². The summed E-state index contributed by atoms with van der Waals surface area (Å²) in [4.78, 5) is 27.5. The van der Waals surface area contributed by atoms with Gasteiger partial charge in [-0.05, 0) is 55.3 Å². The Morgan fingerprint density at radius 2 is 1.86 bits per heavy atom. The molecule has 8 heteroatoms. The number of halogens is 1. The summed E-state index contributed by atoms with van der Waals surface area (Å²) >= 11 is 7.34. The number of furan rings is 1. The molecule has 6 nitrogen and oxygen atoms in total. The van der Waals surface area contributed by atoms with Crippen LogP contribution in [0.25, 0.3) is 0 Å². The van der Waals surface area contributed by atoms with Crippen molar-refractivity contribution < 1.29 is 14.0 Å². The van der Waals surface area contributed by atoms with Crippen molar-refractivity contribution in [2.24, 2.45) is 0 Å². The normalized spacial score (nSPS) is 13.5. The van der Waals surface area contributed by atoms with E-state index in [4.69, 9.17) is 16.0 Å². The molecule has 1 aliphatic rings. The Kier molecular flexibility index (Phi) is 5.36. The van der Waals surface area contributed by atoms with E-state index in [2.05, 4.69) is 15.5 Å². The van der Waals surface area contributed by atoms with Gasteiger partial charge in [0.1, 0.15) is 0 Å². The lowest BCUT2D eigenvalue weighted by Crippen LogP contribution is -2.20. The van der Waals surface area contributed by atoms with Crippen LogP contribution in [0.3, 0.4) is 0 Å². The molecule has 2 amide bonds. The van der Waals surface area contributed by atoms with Gasteiger partial charge in [-0.15, -0.1) is 11.3 Å². The fourth-order valence-electron chi connectivity index (χ4n) is 3.13. The van der Waals surface area contributed by atoms with Crippen LogP contribution in [0, 0.1) is 0 Å². The van der Waals surface area contributed by atoms with Crippen LogP contribution in [0.1, 0.15) is 33.1 Å². The monoisotopic (exact) mass is 415 g/mol. The number of nitrogens with zero attached hydrogens (tertiary/aromatic N) is 1. The molecule has 2 N–H and O–H groups in total. The van der Waals surface area contributed by atoms with Gasteiger partial charge in [0.05, 0.1) is 27.5 Å². The van der Waals surface area contributed by atoms with Crippen molar-refractivity contribution in [3.8, 4) is 0 Å². The zero-order chi connectivity index (χ0) is 19.5. The first-order valence-electron chi connectivity index (χ1n) is 8.91. The summed E-state index contributed by atoms with van der Waals surface area (Å²) in [5.41, 5.74) is 1.66. The van der Waals surface area contributed by atoms with E-state index in [1.807, 2.05) is 12.1 Å². The van der Waals surface area contributed by atoms with Gasteiger partial charge < -0.3 is 20.0 Å². The van der Waals surface area contributed by atoms with Gasteiger partial charge >= 0.3 is 0 Å². The molecule has 0 aliphatic carbocycles. The molecule has 0 unspecified atom stereocenters. The van der Waals surface area contributed by atoms with Crippen molar-refractivity contribution in [3.05, 3.63) is 64.4 Å². The standard InChI is InChI=1S/C20H18ClN3O3S/c21-13-5-6-15(24-9-1-2-10-24)14(12-13)22-20(26)17-7-8-18(28-17)23-19(25)16-4-3-11-27-16/h3-8,11-12H,1-2,9-10H2,(H,22,26)(H,23,25). The minimum atomic E-state index is -0.357. The second-order valence-corrected chi connectivity index (χ2v) is 7.93. The van der Waals surface area contributed by atoms with Gasteiger partial charge in [-0.1, -0.05) is 11.6 Å². The molecule has 1 fully saturated rings. The molecule has 1 aliphatic heterocycles. The highest BCUT2D eigenvalue weighted by Gasteiger charge is 2.19. The minimum Gasteiger partial charge on any atom is -0.459 e. The molecule has 28 heavy (non-hydrogen) atoms. The van der Waals surface area contributed by atoms with Crippen molar-refractivity contribution in [1.29, 1.82) is 0 Å². The zero-order valence-corrected chi connectivity index (χ0v) is 16.5. The number of carbonyl (C=O) groups excluding carboxylic acids is 2. The summed E-state index contributed by atoms with van der Waals surface area (Å²) in [5.74, 6) is -0.384. The summed E-state index contributed by atoms with van der Waals surface area (Å²) in [6.07, 6.45) is 3.71. The quantitative estimate of drug-likeness (QED) is 0.608. The summed E-state index contributed by atoms with van der Waals surface area (Å²) in [6.45, 7) is 1.93. The fraction of sp³-hybridized carbons (Fsp3) is 0.200. The Morgan fingerprint density at radius 3 is 2.61 bits per heavy atom. The topological polar surface area (TPSA) is 74.6 Å². The number of nitrogens with one attached hydrogen (secondary N) is 2. The molecule has 0 radical (unpaired) electrons. The van der Waals surface area contributed by atoms with Crippen LogP contribution in [-0.4, -0.2) is 24.9 Å². The van der Waals surface area contributed by atoms with Crippen molar-refractivity contribution in [3.63, 3.8) is 0 Å². The predicted molar refractivity (Wildman–Crippen MR) is 112 cm³/mol. The van der Waals surface area contributed by atoms with Crippen LogP contribution < -0.4 is 15.5 Å². The second kappa shape index (κ2) is 8.08. The van der Waals surface area contributed by atoms with E-state index in [0.717, 1.165) is 31.6 Å². The van der Waals surface area contributed by atoms with E-state index in [1.54, 1.807) is 30.3 Å². The number of hydrogen-bond donors (Lipinski definition) is 2. The van der Waals surface area contributed by atoms with E-state index < -0.39 is 0 Å². The molecule has 3 aromatic rings. The fourth-order valence-corrected chi connectivity index (χ4v) is 4.10. The number of benzene rings is 1. The van der Waals surface area contributed by atoms with E-state index in [-0.39, 0.29) is 17.6 Å². The van der Waals surface area contributed by atoms with Crippen molar-refractivity contribution in [1.82, 2.24) is 0 Å². The number of rotatable bonds is 5. The van der Waals surface area contributed by atoms with Gasteiger partial charge in [-0.3, -0.25) is 9.59 Å². The lowest BCUT2D eigenvalue weighted by atomic mass is 10.2. The van der Waals surface area contributed by atoms with E-state index in [9.17, 15) is 9.59 Å². The average molecular weight is 416 g/mol. The Bertz CT molecular complexity index is 994. The number of hydrogen-bond acceptors (Lipinski definition) is 5. The maximum Gasteiger partial charge on any atom is 0.291 e. The van der Waals surface area contributed by atoms with Gasteiger partial charge in [0, 0.05) is 18.1 Å². The van der Waals surface area contributed by atoms with Gasteiger partial charge in [-0.2, -0.15) is 0 Å². The molecule has 4 rings (SSSR count). The third-order valence-electron chi connectivity index (χ3n) is 4.47. The lowest BCUT2D eigenvalue weighted by Gasteiger charge is -2.21. The van der Waals surface area contributed by atoms with Crippen LogP contribution in [0.15, 0.2) is 53.1 Å². The second-order valence-electron chi connectivity index (χ2n) is 6.41. The summed E-state index contributed by atoms with van der Waals surface area (Å²) in [7, 11) is 0. The Balaban J connectivity index is 1.48. The molecule has 1 aromatic carbocycles. The van der Waals surface area contributed by atoms with E-state index in [0.29, 0.717) is 20.6 Å². The van der Waals surface area contributed by atoms with Crippen LogP contribution in [-0.2, 0) is 0 Å². The number of thiophene rings is 1. The molecule has 0 atom stereocenters. The van der Waals surface area contributed by atoms with Crippen molar-refractivity contribution in [2.75, 3.05) is 28.6 Å². The molecule has 144 valence electrons. The smallest absolute Gasteiger partial charge is 0.291 e. The molecule has 1 saturated heterocycles. The molecule has 2 aromatic heterocycles. The Labute approximate surface area is 171 Å². The number of carbonyl (C=O) groups is 2. The van der Waals surface area contributed by atoms with Crippen molar-refractivity contribution in [2.45, 2.75) is 12.8 Å². The molecule has 3 heterocycles. The summed E-state index contributed by atoms with van der Waals surface area (Å²) < 4.78 is 5.07. The first-order valence-corrected chi connectivity index (χ1v) is 10.1. The van der Waals surface area contributed by atoms with Gasteiger partial charge in [0.15, 0.2) is 5.76 Å². The predicted octanol–water partition coefficient (Wildman–Crippen LogP) is 5.10. The third-order valence-corrected chi connectivity index (χ3v) is 5.70. The minimum absolute atomic E-state index is 0.216. The van der Waals surface area contributed by atoms with Gasteiger partial charge in [0.2, 0.25) is 0 Å².